The average molecular weight is 465 g/mol. The van der Waals surface area contributed by atoms with Gasteiger partial charge in [0.15, 0.2) is 0 Å². The minimum Gasteiger partial charge on any atom is -0.497 e. The zero-order chi connectivity index (χ0) is 24.3. The Labute approximate surface area is 205 Å². The molecule has 2 aromatic carbocycles. The van der Waals surface area contributed by atoms with Gasteiger partial charge in [-0.15, -0.1) is 0 Å². The SMILES string of the molecule is COc1cccc([C@@]23CCN(C)C[C@@]2(OC)CC[C@@H](N(CC(C)C)C(=O)c2ccccc2)C3)c1. The fraction of sp³-hybridized carbons (Fsp3) is 0.552. The van der Waals surface area contributed by atoms with Crippen LogP contribution < -0.4 is 4.74 Å². The zero-order valence-corrected chi connectivity index (χ0v) is 21.4. The maximum absolute atomic E-state index is 13.7. The minimum absolute atomic E-state index is 0.137. The molecule has 5 heteroatoms. The van der Waals surface area contributed by atoms with E-state index < -0.39 is 0 Å². The molecule has 1 saturated heterocycles. The van der Waals surface area contributed by atoms with Crippen LogP contribution in [0.15, 0.2) is 54.6 Å². The van der Waals surface area contributed by atoms with E-state index in [0.29, 0.717) is 5.92 Å². The first kappa shape index (κ1) is 24.7. The molecule has 3 atom stereocenters. The molecular weight excluding hydrogens is 424 g/mol. The fourth-order valence-electron chi connectivity index (χ4n) is 6.40. The third kappa shape index (κ3) is 4.48. The normalized spacial score (nSPS) is 27.3. The Morgan fingerprint density at radius 1 is 1.12 bits per heavy atom. The Balaban J connectivity index is 1.77. The fourth-order valence-corrected chi connectivity index (χ4v) is 6.40. The van der Waals surface area contributed by atoms with E-state index in [4.69, 9.17) is 9.47 Å². The molecule has 0 spiro atoms. The van der Waals surface area contributed by atoms with E-state index in [2.05, 4.69) is 48.9 Å². The van der Waals surface area contributed by atoms with Crippen molar-refractivity contribution in [1.82, 2.24) is 9.80 Å². The number of likely N-dealkylation sites (tertiary alicyclic amines) is 1. The van der Waals surface area contributed by atoms with E-state index in [-0.39, 0.29) is 23.0 Å². The lowest BCUT2D eigenvalue weighted by molar-refractivity contribution is -0.150. The van der Waals surface area contributed by atoms with Gasteiger partial charge in [-0.2, -0.15) is 0 Å². The highest BCUT2D eigenvalue weighted by Gasteiger charge is 2.59. The second-order valence-electron chi connectivity index (χ2n) is 10.6. The van der Waals surface area contributed by atoms with Crippen LogP contribution in [0.1, 0.15) is 55.5 Å². The number of benzene rings is 2. The van der Waals surface area contributed by atoms with Crippen molar-refractivity contribution in [3.63, 3.8) is 0 Å². The number of piperidine rings is 1. The van der Waals surface area contributed by atoms with Crippen molar-refractivity contribution < 1.29 is 14.3 Å². The van der Waals surface area contributed by atoms with E-state index in [1.807, 2.05) is 43.5 Å². The van der Waals surface area contributed by atoms with Gasteiger partial charge in [-0.1, -0.05) is 44.2 Å². The number of amides is 1. The van der Waals surface area contributed by atoms with Crippen LogP contribution in [0.2, 0.25) is 0 Å². The van der Waals surface area contributed by atoms with Gasteiger partial charge in [-0.05, 0) is 75.0 Å². The lowest BCUT2D eigenvalue weighted by Crippen LogP contribution is -2.67. The van der Waals surface area contributed by atoms with Crippen molar-refractivity contribution in [2.75, 3.05) is 40.9 Å². The third-order valence-corrected chi connectivity index (χ3v) is 8.08. The summed E-state index contributed by atoms with van der Waals surface area (Å²) in [5.41, 5.74) is 1.56. The van der Waals surface area contributed by atoms with Gasteiger partial charge >= 0.3 is 0 Å². The van der Waals surface area contributed by atoms with E-state index in [0.717, 1.165) is 56.6 Å². The molecular formula is C29H40N2O3. The highest BCUT2D eigenvalue weighted by molar-refractivity contribution is 5.94. The molecule has 1 aliphatic carbocycles. The Morgan fingerprint density at radius 2 is 1.88 bits per heavy atom. The van der Waals surface area contributed by atoms with Gasteiger partial charge in [0.05, 0.1) is 12.7 Å². The van der Waals surface area contributed by atoms with Crippen molar-refractivity contribution >= 4 is 5.91 Å². The summed E-state index contributed by atoms with van der Waals surface area (Å²) in [4.78, 5) is 18.3. The molecule has 1 saturated carbocycles. The summed E-state index contributed by atoms with van der Waals surface area (Å²) in [7, 11) is 5.78. The number of likely N-dealkylation sites (N-methyl/N-ethyl adjacent to an activating group) is 1. The molecule has 0 bridgehead atoms. The number of ether oxygens (including phenoxy) is 2. The van der Waals surface area contributed by atoms with Crippen molar-refractivity contribution in [3.8, 4) is 5.75 Å². The minimum atomic E-state index is -0.290. The molecule has 2 fully saturated rings. The molecule has 0 radical (unpaired) electrons. The number of nitrogens with zero attached hydrogens (tertiary/aromatic N) is 2. The summed E-state index contributed by atoms with van der Waals surface area (Å²) in [6.45, 7) is 7.05. The predicted octanol–water partition coefficient (Wildman–Crippen LogP) is 5.00. The summed E-state index contributed by atoms with van der Waals surface area (Å²) in [5, 5.41) is 0. The van der Waals surface area contributed by atoms with Crippen molar-refractivity contribution in [3.05, 3.63) is 65.7 Å². The smallest absolute Gasteiger partial charge is 0.254 e. The van der Waals surface area contributed by atoms with Gasteiger partial charge in [-0.3, -0.25) is 4.79 Å². The van der Waals surface area contributed by atoms with Crippen LogP contribution in [0, 0.1) is 5.92 Å². The molecule has 0 unspecified atom stereocenters. The van der Waals surface area contributed by atoms with Crippen LogP contribution in [0.4, 0.5) is 0 Å². The van der Waals surface area contributed by atoms with Gasteiger partial charge in [0.2, 0.25) is 0 Å². The van der Waals surface area contributed by atoms with E-state index >= 15 is 0 Å². The largest absolute Gasteiger partial charge is 0.497 e. The standard InChI is InChI=1S/C29H40N2O3/c1-22(2)20-31(27(32)23-10-7-6-8-11-23)25-14-15-29(34-5)21-30(3)17-16-28(29,19-25)24-12-9-13-26(18-24)33-4/h6-13,18,22,25H,14-17,19-21H2,1-5H3/t25-,28+,29+/m1/s1. The third-order valence-electron chi connectivity index (χ3n) is 8.08. The molecule has 2 aromatic rings. The Kier molecular flexibility index (Phi) is 7.34. The van der Waals surface area contributed by atoms with Crippen LogP contribution in [-0.4, -0.2) is 68.3 Å². The Hall–Kier alpha value is -2.37. The number of carbonyl (C=O) groups excluding carboxylic acids is 1. The molecule has 5 nitrogen and oxygen atoms in total. The quantitative estimate of drug-likeness (QED) is 0.578. The maximum atomic E-state index is 13.7. The number of rotatable bonds is 7. The number of hydrogen-bond acceptors (Lipinski definition) is 4. The Morgan fingerprint density at radius 3 is 2.56 bits per heavy atom. The van der Waals surface area contributed by atoms with E-state index in [1.54, 1.807) is 7.11 Å². The van der Waals surface area contributed by atoms with Crippen molar-refractivity contribution in [1.29, 1.82) is 0 Å². The topological polar surface area (TPSA) is 42.0 Å². The van der Waals surface area contributed by atoms with Gasteiger partial charge < -0.3 is 19.3 Å². The second kappa shape index (κ2) is 10.1. The molecule has 1 aliphatic heterocycles. The summed E-state index contributed by atoms with van der Waals surface area (Å²) >= 11 is 0. The summed E-state index contributed by atoms with van der Waals surface area (Å²) in [6, 6.07) is 18.4. The van der Waals surface area contributed by atoms with Gasteiger partial charge in [0, 0.05) is 37.2 Å². The maximum Gasteiger partial charge on any atom is 0.254 e. The van der Waals surface area contributed by atoms with Crippen molar-refractivity contribution in [2.24, 2.45) is 5.92 Å². The molecule has 0 N–H and O–H groups in total. The van der Waals surface area contributed by atoms with Crippen LogP contribution in [-0.2, 0) is 10.2 Å². The molecule has 0 aromatic heterocycles. The first-order valence-electron chi connectivity index (χ1n) is 12.6. The van der Waals surface area contributed by atoms with Gasteiger partial charge in [0.1, 0.15) is 5.75 Å². The lowest BCUT2D eigenvalue weighted by Gasteiger charge is -2.60. The first-order chi connectivity index (χ1) is 16.3. The van der Waals surface area contributed by atoms with Crippen LogP contribution in [0.3, 0.4) is 0 Å². The lowest BCUT2D eigenvalue weighted by atomic mass is 9.55. The second-order valence-corrected chi connectivity index (χ2v) is 10.6. The number of fused-ring (bicyclic) bond motifs is 1. The molecule has 1 heterocycles. The molecule has 1 amide bonds. The number of carbonyl (C=O) groups is 1. The molecule has 4 rings (SSSR count). The van der Waals surface area contributed by atoms with Gasteiger partial charge in [0.25, 0.3) is 5.91 Å². The summed E-state index contributed by atoms with van der Waals surface area (Å²) in [5.74, 6) is 1.40. The van der Waals surface area contributed by atoms with Crippen LogP contribution in [0.25, 0.3) is 0 Å². The highest BCUT2D eigenvalue weighted by Crippen LogP contribution is 2.54. The monoisotopic (exact) mass is 464 g/mol. The Bertz CT molecular complexity index is 978. The van der Waals surface area contributed by atoms with E-state index in [9.17, 15) is 4.79 Å². The van der Waals surface area contributed by atoms with E-state index in [1.165, 1.54) is 5.56 Å². The number of methoxy groups -OCH3 is 2. The molecule has 34 heavy (non-hydrogen) atoms. The summed E-state index contributed by atoms with van der Waals surface area (Å²) < 4.78 is 12.1. The summed E-state index contributed by atoms with van der Waals surface area (Å²) in [6.07, 6.45) is 3.76. The average Bonchev–Trinajstić information content (AvgIpc) is 2.87. The molecule has 184 valence electrons. The highest BCUT2D eigenvalue weighted by atomic mass is 16.5. The van der Waals surface area contributed by atoms with Crippen LogP contribution >= 0.6 is 0 Å². The van der Waals surface area contributed by atoms with Crippen molar-refractivity contribution in [2.45, 2.75) is 56.6 Å². The van der Waals surface area contributed by atoms with Gasteiger partial charge in [-0.25, -0.2) is 0 Å². The molecule has 2 aliphatic rings. The zero-order valence-electron chi connectivity index (χ0n) is 21.4. The number of hydrogen-bond donors (Lipinski definition) is 0. The van der Waals surface area contributed by atoms with Crippen LogP contribution in [0.5, 0.6) is 5.75 Å². The predicted molar refractivity (Wildman–Crippen MR) is 136 cm³/mol. The first-order valence-corrected chi connectivity index (χ1v) is 12.6.